The molecule has 1 unspecified atom stereocenters. The summed E-state index contributed by atoms with van der Waals surface area (Å²) in [6.07, 6.45) is 16.4. The van der Waals surface area contributed by atoms with E-state index in [9.17, 15) is 4.79 Å². The molecule has 0 aromatic heterocycles. The van der Waals surface area contributed by atoms with Crippen LogP contribution in [0.25, 0.3) is 0 Å². The van der Waals surface area contributed by atoms with Crippen molar-refractivity contribution in [2.24, 2.45) is 0 Å². The monoisotopic (exact) mass is 444 g/mol. The highest BCUT2D eigenvalue weighted by Crippen LogP contribution is 2.15. The van der Waals surface area contributed by atoms with Crippen LogP contribution in [0.3, 0.4) is 0 Å². The molecule has 0 amide bonds. The zero-order chi connectivity index (χ0) is 17.5. The van der Waals surface area contributed by atoms with Gasteiger partial charge in [-0.2, -0.15) is 0 Å². The highest BCUT2D eigenvalue weighted by Gasteiger charge is 2.11. The molecular formula is C21H33IO2. The summed E-state index contributed by atoms with van der Waals surface area (Å²) in [5.74, 6) is -0.667. The number of aryl methyl sites for hydroxylation is 1. The highest BCUT2D eigenvalue weighted by atomic mass is 127. The fraction of sp³-hybridized carbons (Fsp3) is 0.667. The minimum atomic E-state index is -0.667. The molecule has 0 aliphatic rings. The summed E-state index contributed by atoms with van der Waals surface area (Å²) in [6, 6.07) is 10.8. The van der Waals surface area contributed by atoms with Gasteiger partial charge in [0.1, 0.15) is 3.92 Å². The quantitative estimate of drug-likeness (QED) is 0.184. The predicted molar refractivity (Wildman–Crippen MR) is 111 cm³/mol. The molecular weight excluding hydrogens is 411 g/mol. The van der Waals surface area contributed by atoms with Gasteiger partial charge >= 0.3 is 5.97 Å². The molecule has 1 aromatic rings. The van der Waals surface area contributed by atoms with E-state index in [1.165, 1.54) is 76.2 Å². The lowest BCUT2D eigenvalue weighted by molar-refractivity contribution is -0.136. The number of aliphatic carboxylic acids is 1. The Morgan fingerprint density at radius 1 is 0.792 bits per heavy atom. The van der Waals surface area contributed by atoms with Crippen molar-refractivity contribution in [1.29, 1.82) is 0 Å². The number of carboxylic acids is 1. The summed E-state index contributed by atoms with van der Waals surface area (Å²) in [7, 11) is 0. The van der Waals surface area contributed by atoms with Crippen LogP contribution in [0.2, 0.25) is 0 Å². The van der Waals surface area contributed by atoms with E-state index in [1.807, 2.05) is 22.6 Å². The number of carbonyl (C=O) groups is 1. The molecule has 3 heteroatoms. The van der Waals surface area contributed by atoms with Crippen molar-refractivity contribution in [3.63, 3.8) is 0 Å². The maximum atomic E-state index is 10.7. The van der Waals surface area contributed by atoms with Crippen LogP contribution in [-0.2, 0) is 11.2 Å². The van der Waals surface area contributed by atoms with Gasteiger partial charge < -0.3 is 5.11 Å². The number of carboxylic acid groups (broad SMARTS) is 1. The second-order valence-electron chi connectivity index (χ2n) is 6.72. The molecule has 0 fully saturated rings. The van der Waals surface area contributed by atoms with Gasteiger partial charge in [-0.25, -0.2) is 0 Å². The molecule has 0 spiro atoms. The molecule has 2 nitrogen and oxygen atoms in total. The Balaban J connectivity index is 1.77. The van der Waals surface area contributed by atoms with Gasteiger partial charge in [-0.05, 0) is 24.8 Å². The third-order valence-electron chi connectivity index (χ3n) is 4.53. The van der Waals surface area contributed by atoms with E-state index in [2.05, 4.69) is 30.3 Å². The van der Waals surface area contributed by atoms with E-state index in [0.29, 0.717) is 0 Å². The Labute approximate surface area is 161 Å². The van der Waals surface area contributed by atoms with Crippen LogP contribution in [0.1, 0.15) is 82.6 Å². The summed E-state index contributed by atoms with van der Waals surface area (Å²) in [5.41, 5.74) is 1.47. The Hall–Kier alpha value is -0.580. The molecule has 1 N–H and O–H groups in total. The third-order valence-corrected chi connectivity index (χ3v) is 5.69. The second kappa shape index (κ2) is 14.7. The van der Waals surface area contributed by atoms with Crippen molar-refractivity contribution in [2.75, 3.05) is 0 Å². The van der Waals surface area contributed by atoms with E-state index in [0.717, 1.165) is 12.8 Å². The molecule has 1 atom stereocenters. The Kier molecular flexibility index (Phi) is 13.2. The SMILES string of the molecule is O=C(O)C(I)CCCCCCCCCCCCCc1ccccc1. The van der Waals surface area contributed by atoms with Crippen LogP contribution in [0, 0.1) is 0 Å². The van der Waals surface area contributed by atoms with E-state index >= 15 is 0 Å². The van der Waals surface area contributed by atoms with Gasteiger partial charge in [0.15, 0.2) is 0 Å². The molecule has 0 heterocycles. The normalized spacial score (nSPS) is 12.2. The van der Waals surface area contributed by atoms with Crippen LogP contribution >= 0.6 is 22.6 Å². The van der Waals surface area contributed by atoms with E-state index < -0.39 is 5.97 Å². The molecule has 0 radical (unpaired) electrons. The summed E-state index contributed by atoms with van der Waals surface area (Å²) in [5, 5.41) is 8.81. The van der Waals surface area contributed by atoms with Crippen molar-refractivity contribution in [2.45, 2.75) is 87.4 Å². The number of benzene rings is 1. The molecule has 0 bridgehead atoms. The Morgan fingerprint density at radius 2 is 1.25 bits per heavy atom. The van der Waals surface area contributed by atoms with Crippen molar-refractivity contribution in [3.05, 3.63) is 35.9 Å². The molecule has 1 aromatic carbocycles. The molecule has 0 saturated carbocycles. The standard InChI is InChI=1S/C21H33IO2/c22-20(21(23)24)18-14-9-7-5-3-1-2-4-6-8-11-15-19-16-12-10-13-17-19/h10,12-13,16-17,20H,1-9,11,14-15,18H2,(H,23,24). The number of unbranched alkanes of at least 4 members (excludes halogenated alkanes) is 10. The average molecular weight is 444 g/mol. The van der Waals surface area contributed by atoms with E-state index in [4.69, 9.17) is 5.11 Å². The first-order valence-electron chi connectivity index (χ1n) is 9.61. The van der Waals surface area contributed by atoms with Crippen LogP contribution < -0.4 is 0 Å². The Morgan fingerprint density at radius 3 is 1.75 bits per heavy atom. The Bertz CT molecular complexity index is 419. The molecule has 136 valence electrons. The first-order chi connectivity index (χ1) is 11.7. The minimum absolute atomic E-state index is 0.204. The van der Waals surface area contributed by atoms with Crippen molar-refractivity contribution >= 4 is 28.6 Å². The predicted octanol–water partition coefficient (Wildman–Crippen LogP) is 6.80. The molecule has 0 aliphatic heterocycles. The second-order valence-corrected chi connectivity index (χ2v) is 8.22. The van der Waals surface area contributed by atoms with Crippen LogP contribution in [0.15, 0.2) is 30.3 Å². The lowest BCUT2D eigenvalue weighted by atomic mass is 10.0. The fourth-order valence-corrected chi connectivity index (χ4v) is 3.45. The summed E-state index contributed by atoms with van der Waals surface area (Å²) in [4.78, 5) is 10.7. The molecule has 24 heavy (non-hydrogen) atoms. The summed E-state index contributed by atoms with van der Waals surface area (Å²) in [6.45, 7) is 0. The lowest BCUT2D eigenvalue weighted by Crippen LogP contribution is -2.11. The average Bonchev–Trinajstić information content (AvgIpc) is 2.59. The topological polar surface area (TPSA) is 37.3 Å². The first kappa shape index (κ1) is 21.5. The largest absolute Gasteiger partial charge is 0.480 e. The van der Waals surface area contributed by atoms with Crippen molar-refractivity contribution < 1.29 is 9.90 Å². The molecule has 1 rings (SSSR count). The molecule has 0 saturated heterocycles. The fourth-order valence-electron chi connectivity index (χ4n) is 3.01. The minimum Gasteiger partial charge on any atom is -0.480 e. The van der Waals surface area contributed by atoms with Crippen LogP contribution in [0.5, 0.6) is 0 Å². The highest BCUT2D eigenvalue weighted by molar-refractivity contribution is 14.1. The third kappa shape index (κ3) is 11.9. The number of alkyl halides is 1. The smallest absolute Gasteiger partial charge is 0.316 e. The lowest BCUT2D eigenvalue weighted by Gasteiger charge is -2.05. The maximum absolute atomic E-state index is 10.7. The molecule has 0 aliphatic carbocycles. The van der Waals surface area contributed by atoms with Crippen LogP contribution in [-0.4, -0.2) is 15.0 Å². The van der Waals surface area contributed by atoms with Gasteiger partial charge in [-0.1, -0.05) is 117 Å². The first-order valence-corrected chi connectivity index (χ1v) is 10.9. The van der Waals surface area contributed by atoms with Gasteiger partial charge in [-0.3, -0.25) is 4.79 Å². The van der Waals surface area contributed by atoms with Gasteiger partial charge in [0.2, 0.25) is 0 Å². The summed E-state index contributed by atoms with van der Waals surface area (Å²) >= 11 is 2.03. The maximum Gasteiger partial charge on any atom is 0.316 e. The van der Waals surface area contributed by atoms with Gasteiger partial charge in [-0.15, -0.1) is 0 Å². The number of hydrogen-bond acceptors (Lipinski definition) is 1. The van der Waals surface area contributed by atoms with Crippen molar-refractivity contribution in [1.82, 2.24) is 0 Å². The zero-order valence-electron chi connectivity index (χ0n) is 14.9. The van der Waals surface area contributed by atoms with E-state index in [1.54, 1.807) is 0 Å². The van der Waals surface area contributed by atoms with Gasteiger partial charge in [0, 0.05) is 0 Å². The number of halogens is 1. The van der Waals surface area contributed by atoms with Crippen LogP contribution in [0.4, 0.5) is 0 Å². The summed E-state index contributed by atoms with van der Waals surface area (Å²) < 4.78 is -0.204. The number of hydrogen-bond donors (Lipinski definition) is 1. The zero-order valence-corrected chi connectivity index (χ0v) is 17.0. The van der Waals surface area contributed by atoms with Gasteiger partial charge in [0.05, 0.1) is 0 Å². The van der Waals surface area contributed by atoms with E-state index in [-0.39, 0.29) is 3.92 Å². The van der Waals surface area contributed by atoms with Gasteiger partial charge in [0.25, 0.3) is 0 Å². The van der Waals surface area contributed by atoms with Crippen molar-refractivity contribution in [3.8, 4) is 0 Å². The number of rotatable bonds is 15.